The molecule has 0 aromatic rings. The van der Waals surface area contributed by atoms with Crippen LogP contribution in [0.5, 0.6) is 0 Å². The van der Waals surface area contributed by atoms with E-state index in [-0.39, 0.29) is 0 Å². The highest BCUT2D eigenvalue weighted by Gasteiger charge is 2.16. The number of carboxylic acids is 2. The molecule has 0 aromatic carbocycles. The molecule has 0 unspecified atom stereocenters. The van der Waals surface area contributed by atoms with Crippen LogP contribution in [0.3, 0.4) is 0 Å². The second kappa shape index (κ2) is 22.7. The maximum atomic E-state index is 10.5. The van der Waals surface area contributed by atoms with Gasteiger partial charge in [0.05, 0.1) is 0 Å². The number of hydrogen-bond donors (Lipinski definition) is 2. The number of hydrogen-bond acceptors (Lipinski definition) is 2. The van der Waals surface area contributed by atoms with Crippen LogP contribution in [-0.2, 0) is 9.59 Å². The first-order valence-corrected chi connectivity index (χ1v) is 14.3. The summed E-state index contributed by atoms with van der Waals surface area (Å²) >= 11 is 0. The first-order chi connectivity index (χ1) is 15.8. The van der Waals surface area contributed by atoms with E-state index in [1.807, 2.05) is 0 Å². The summed E-state index contributed by atoms with van der Waals surface area (Å²) in [6.45, 7) is 4.89. The van der Waals surface area contributed by atoms with Crippen LogP contribution in [0, 0.1) is 5.41 Å². The summed E-state index contributed by atoms with van der Waals surface area (Å²) in [5, 5.41) is 17.2. The Bertz CT molecular complexity index is 419. The summed E-state index contributed by atoms with van der Waals surface area (Å²) in [6, 6.07) is 0. The average molecular weight is 469 g/mol. The number of carbonyl (C=O) groups is 2. The highest BCUT2D eigenvalue weighted by atomic mass is 16.4. The molecule has 0 saturated carbocycles. The highest BCUT2D eigenvalue weighted by Crippen LogP contribution is 2.30. The van der Waals surface area contributed by atoms with Crippen molar-refractivity contribution in [2.45, 2.75) is 168 Å². The molecule has 0 saturated heterocycles. The quantitative estimate of drug-likeness (QED) is 0.124. The minimum atomic E-state index is -0.663. The smallest absolute Gasteiger partial charge is 0.303 e. The summed E-state index contributed by atoms with van der Waals surface area (Å²) < 4.78 is 0. The van der Waals surface area contributed by atoms with Gasteiger partial charge in [0, 0.05) is 12.8 Å². The third-order valence-electron chi connectivity index (χ3n) is 6.99. The lowest BCUT2D eigenvalue weighted by Crippen LogP contribution is -2.11. The van der Waals surface area contributed by atoms with Crippen molar-refractivity contribution in [3.8, 4) is 0 Å². The molecule has 0 spiro atoms. The Labute approximate surface area is 205 Å². The Morgan fingerprint density at radius 1 is 0.424 bits per heavy atom. The molecule has 0 aromatic heterocycles. The molecule has 4 nitrogen and oxygen atoms in total. The zero-order valence-electron chi connectivity index (χ0n) is 22.2. The van der Waals surface area contributed by atoms with Crippen molar-refractivity contribution in [2.75, 3.05) is 0 Å². The van der Waals surface area contributed by atoms with Crippen LogP contribution in [0.25, 0.3) is 0 Å². The Morgan fingerprint density at radius 2 is 0.636 bits per heavy atom. The van der Waals surface area contributed by atoms with Gasteiger partial charge in [0.15, 0.2) is 0 Å². The van der Waals surface area contributed by atoms with E-state index in [1.165, 1.54) is 116 Å². The summed E-state index contributed by atoms with van der Waals surface area (Å²) in [4.78, 5) is 20.9. The number of rotatable bonds is 26. The molecule has 0 amide bonds. The lowest BCUT2D eigenvalue weighted by atomic mass is 9.81. The molecule has 0 aliphatic rings. The predicted octanol–water partition coefficient (Wildman–Crippen LogP) is 9.54. The van der Waals surface area contributed by atoms with Crippen molar-refractivity contribution in [1.82, 2.24) is 0 Å². The zero-order valence-corrected chi connectivity index (χ0v) is 22.2. The average Bonchev–Trinajstić information content (AvgIpc) is 2.74. The normalized spacial score (nSPS) is 11.7. The number of carboxylic acid groups (broad SMARTS) is 2. The van der Waals surface area contributed by atoms with E-state index in [0.29, 0.717) is 18.3 Å². The van der Waals surface area contributed by atoms with Crippen LogP contribution in [0.15, 0.2) is 0 Å². The minimum absolute atomic E-state index is 0.330. The number of aliphatic carboxylic acids is 2. The van der Waals surface area contributed by atoms with Gasteiger partial charge in [-0.05, 0) is 31.1 Å². The minimum Gasteiger partial charge on any atom is -0.481 e. The third-order valence-corrected chi connectivity index (χ3v) is 6.99. The van der Waals surface area contributed by atoms with Crippen LogP contribution in [0.2, 0.25) is 0 Å². The SMILES string of the molecule is CC(C)(CCCCCCCCCCCCC(=O)O)CCCCCCCCCCCCC(=O)O. The highest BCUT2D eigenvalue weighted by molar-refractivity contribution is 5.66. The van der Waals surface area contributed by atoms with Gasteiger partial charge in [0.25, 0.3) is 0 Å². The Hall–Kier alpha value is -1.06. The molecule has 196 valence electrons. The van der Waals surface area contributed by atoms with E-state index >= 15 is 0 Å². The van der Waals surface area contributed by atoms with Gasteiger partial charge < -0.3 is 10.2 Å². The first-order valence-electron chi connectivity index (χ1n) is 14.3. The van der Waals surface area contributed by atoms with Crippen molar-refractivity contribution in [1.29, 1.82) is 0 Å². The molecule has 0 radical (unpaired) electrons. The monoisotopic (exact) mass is 468 g/mol. The third kappa shape index (κ3) is 27.1. The van der Waals surface area contributed by atoms with Crippen LogP contribution in [-0.4, -0.2) is 22.2 Å². The van der Waals surface area contributed by atoms with Crippen LogP contribution in [0.1, 0.15) is 168 Å². The Morgan fingerprint density at radius 3 is 0.879 bits per heavy atom. The second-order valence-corrected chi connectivity index (χ2v) is 11.0. The van der Waals surface area contributed by atoms with E-state index in [0.717, 1.165) is 25.7 Å². The van der Waals surface area contributed by atoms with E-state index in [2.05, 4.69) is 13.8 Å². The van der Waals surface area contributed by atoms with Crippen molar-refractivity contribution in [3.63, 3.8) is 0 Å². The van der Waals surface area contributed by atoms with Crippen molar-refractivity contribution in [3.05, 3.63) is 0 Å². The molecule has 33 heavy (non-hydrogen) atoms. The molecule has 0 aliphatic carbocycles. The van der Waals surface area contributed by atoms with Gasteiger partial charge in [-0.2, -0.15) is 0 Å². The van der Waals surface area contributed by atoms with Crippen molar-refractivity contribution < 1.29 is 19.8 Å². The fraction of sp³-hybridized carbons (Fsp3) is 0.931. The molecule has 0 heterocycles. The molecule has 0 aliphatic heterocycles. The van der Waals surface area contributed by atoms with Crippen LogP contribution >= 0.6 is 0 Å². The predicted molar refractivity (Wildman–Crippen MR) is 140 cm³/mol. The van der Waals surface area contributed by atoms with Gasteiger partial charge in [-0.1, -0.05) is 129 Å². The summed E-state index contributed by atoms with van der Waals surface area (Å²) in [6.07, 6.45) is 28.4. The summed E-state index contributed by atoms with van der Waals surface area (Å²) in [5.74, 6) is -1.33. The van der Waals surface area contributed by atoms with Gasteiger partial charge in [-0.3, -0.25) is 9.59 Å². The van der Waals surface area contributed by atoms with E-state index in [1.54, 1.807) is 0 Å². The van der Waals surface area contributed by atoms with Crippen molar-refractivity contribution in [2.24, 2.45) is 5.41 Å². The maximum absolute atomic E-state index is 10.5. The summed E-state index contributed by atoms with van der Waals surface area (Å²) in [5.41, 5.74) is 0.492. The zero-order chi connectivity index (χ0) is 24.6. The molecule has 2 N–H and O–H groups in total. The largest absolute Gasteiger partial charge is 0.481 e. The van der Waals surface area contributed by atoms with Gasteiger partial charge in [0.1, 0.15) is 0 Å². The Kier molecular flexibility index (Phi) is 22.0. The molecular weight excluding hydrogens is 412 g/mol. The lowest BCUT2D eigenvalue weighted by molar-refractivity contribution is -0.138. The fourth-order valence-corrected chi connectivity index (χ4v) is 4.71. The first kappa shape index (κ1) is 31.9. The Balaban J connectivity index is 3.33. The van der Waals surface area contributed by atoms with E-state index in [4.69, 9.17) is 10.2 Å². The van der Waals surface area contributed by atoms with Gasteiger partial charge in [-0.25, -0.2) is 0 Å². The van der Waals surface area contributed by atoms with Crippen molar-refractivity contribution >= 4 is 11.9 Å². The standard InChI is InChI=1S/C29H56O4/c1-29(2,25-21-17-13-9-5-3-7-11-15-19-23-27(30)31)26-22-18-14-10-6-4-8-12-16-20-24-28(32)33/h3-26H2,1-2H3,(H,30,31)(H,32,33). The van der Waals surface area contributed by atoms with Crippen LogP contribution < -0.4 is 0 Å². The lowest BCUT2D eigenvalue weighted by Gasteiger charge is -2.24. The molecule has 0 fully saturated rings. The van der Waals surface area contributed by atoms with Crippen LogP contribution in [0.4, 0.5) is 0 Å². The molecule has 0 atom stereocenters. The summed E-state index contributed by atoms with van der Waals surface area (Å²) in [7, 11) is 0. The van der Waals surface area contributed by atoms with Gasteiger partial charge >= 0.3 is 11.9 Å². The molecular formula is C29H56O4. The maximum Gasteiger partial charge on any atom is 0.303 e. The molecule has 0 rings (SSSR count). The number of unbranched alkanes of at least 4 members (excludes halogenated alkanes) is 18. The van der Waals surface area contributed by atoms with E-state index in [9.17, 15) is 9.59 Å². The fourth-order valence-electron chi connectivity index (χ4n) is 4.71. The van der Waals surface area contributed by atoms with E-state index < -0.39 is 11.9 Å². The molecule has 4 heteroatoms. The van der Waals surface area contributed by atoms with Gasteiger partial charge in [0.2, 0.25) is 0 Å². The topological polar surface area (TPSA) is 74.6 Å². The second-order valence-electron chi connectivity index (χ2n) is 11.0. The molecule has 0 bridgehead atoms. The van der Waals surface area contributed by atoms with Gasteiger partial charge in [-0.15, -0.1) is 0 Å².